The summed E-state index contributed by atoms with van der Waals surface area (Å²) in [4.78, 5) is 22.9. The molecule has 1 atom stereocenters. The second-order valence-corrected chi connectivity index (χ2v) is 11.1. The van der Waals surface area contributed by atoms with Crippen molar-refractivity contribution in [3.8, 4) is 17.1 Å². The number of aryl methyl sites for hydroxylation is 1. The van der Waals surface area contributed by atoms with Gasteiger partial charge in [-0.2, -0.15) is 4.31 Å². The first kappa shape index (κ1) is 27.2. The zero-order valence-electron chi connectivity index (χ0n) is 21.9. The quantitative estimate of drug-likeness (QED) is 0.405. The van der Waals surface area contributed by atoms with Crippen LogP contribution < -0.4 is 10.3 Å². The number of aliphatic hydroxyl groups excluding tert-OH is 1. The van der Waals surface area contributed by atoms with Crippen molar-refractivity contribution in [2.45, 2.75) is 51.3 Å². The van der Waals surface area contributed by atoms with Gasteiger partial charge in [0.25, 0.3) is 5.56 Å². The van der Waals surface area contributed by atoms with E-state index in [4.69, 9.17) is 9.84 Å². The van der Waals surface area contributed by atoms with Crippen molar-refractivity contribution in [2.24, 2.45) is 0 Å². The number of aromatic nitrogens is 4. The number of hydrogen-bond donors (Lipinski definition) is 2. The third-order valence-electron chi connectivity index (χ3n) is 6.96. The van der Waals surface area contributed by atoms with Crippen LogP contribution in [0.15, 0.2) is 27.9 Å². The van der Waals surface area contributed by atoms with E-state index < -0.39 is 10.0 Å². The minimum Gasteiger partial charge on any atom is -0.493 e. The minimum atomic E-state index is -3.75. The summed E-state index contributed by atoms with van der Waals surface area (Å²) in [6.07, 6.45) is 1.20. The van der Waals surface area contributed by atoms with Gasteiger partial charge in [0, 0.05) is 38.7 Å². The van der Waals surface area contributed by atoms with Crippen LogP contribution in [0.3, 0.4) is 0 Å². The summed E-state index contributed by atoms with van der Waals surface area (Å²) >= 11 is 0. The Balaban J connectivity index is 1.84. The number of imidazole rings is 1. The summed E-state index contributed by atoms with van der Waals surface area (Å²) in [5, 5.41) is 14.2. The Morgan fingerprint density at radius 3 is 2.51 bits per heavy atom. The molecule has 4 rings (SSSR count). The molecule has 1 unspecified atom stereocenters. The average Bonchev–Trinajstić information content (AvgIpc) is 3.24. The number of sulfonamides is 1. The van der Waals surface area contributed by atoms with Crippen LogP contribution in [0.25, 0.3) is 16.9 Å². The number of ether oxygens (including phenoxy) is 1. The van der Waals surface area contributed by atoms with Crippen LogP contribution in [0.4, 0.5) is 0 Å². The van der Waals surface area contributed by atoms with E-state index in [1.54, 1.807) is 13.0 Å². The lowest BCUT2D eigenvalue weighted by Crippen LogP contribution is -2.48. The van der Waals surface area contributed by atoms with Crippen molar-refractivity contribution in [1.29, 1.82) is 0 Å². The lowest BCUT2D eigenvalue weighted by Gasteiger charge is -2.33. The van der Waals surface area contributed by atoms with Gasteiger partial charge >= 0.3 is 0 Å². The molecule has 1 aliphatic heterocycles. The number of benzene rings is 1. The Kier molecular flexibility index (Phi) is 8.32. The van der Waals surface area contributed by atoms with Crippen molar-refractivity contribution in [3.05, 3.63) is 40.1 Å². The number of nitrogens with one attached hydrogen (secondary N) is 1. The molecule has 0 saturated carbocycles. The number of nitrogens with zero attached hydrogens (tertiary/aromatic N) is 5. The number of aromatic amines is 1. The Hall–Kier alpha value is -2.80. The zero-order valence-corrected chi connectivity index (χ0v) is 22.7. The smallest absolute Gasteiger partial charge is 0.277 e. The van der Waals surface area contributed by atoms with Gasteiger partial charge in [-0.25, -0.2) is 17.9 Å². The van der Waals surface area contributed by atoms with Crippen molar-refractivity contribution in [3.63, 3.8) is 0 Å². The Labute approximate surface area is 217 Å². The average molecular weight is 533 g/mol. The third kappa shape index (κ3) is 5.28. The number of piperazine rings is 1. The number of fused-ring (bicyclic) bond motifs is 1. The molecule has 2 aromatic heterocycles. The molecule has 3 heterocycles. The molecular formula is C25H36N6O5S. The second kappa shape index (κ2) is 11.3. The predicted octanol–water partition coefficient (Wildman–Crippen LogP) is 1.99. The van der Waals surface area contributed by atoms with Gasteiger partial charge in [0.05, 0.1) is 22.8 Å². The van der Waals surface area contributed by atoms with Gasteiger partial charge in [0.15, 0.2) is 11.3 Å². The normalized spacial score (nSPS) is 16.4. The molecule has 202 valence electrons. The highest BCUT2D eigenvalue weighted by molar-refractivity contribution is 7.89. The van der Waals surface area contributed by atoms with Crippen molar-refractivity contribution in [1.82, 2.24) is 28.8 Å². The first-order valence-corrected chi connectivity index (χ1v) is 14.3. The maximum atomic E-state index is 13.5. The summed E-state index contributed by atoms with van der Waals surface area (Å²) in [5.41, 5.74) is 0.859. The van der Waals surface area contributed by atoms with Gasteiger partial charge in [-0.05, 0) is 51.4 Å². The SMILES string of the molecule is CCOc1ccc(S(=O)(=O)N2CCN(CC)CC2)cc1-c1nn2c(C(CC)CCO)nc(C)c2c(=O)[nH]1. The molecule has 0 aliphatic carbocycles. The molecule has 0 bridgehead atoms. The van der Waals surface area contributed by atoms with Crippen molar-refractivity contribution in [2.75, 3.05) is 45.9 Å². The second-order valence-electron chi connectivity index (χ2n) is 9.17. The first-order chi connectivity index (χ1) is 17.7. The zero-order chi connectivity index (χ0) is 26.7. The molecular weight excluding hydrogens is 496 g/mol. The molecule has 0 spiro atoms. The van der Waals surface area contributed by atoms with E-state index in [0.29, 0.717) is 74.0 Å². The van der Waals surface area contributed by atoms with E-state index in [9.17, 15) is 18.3 Å². The Morgan fingerprint density at radius 2 is 1.89 bits per heavy atom. The molecule has 12 heteroatoms. The van der Waals surface area contributed by atoms with Crippen molar-refractivity contribution >= 4 is 15.5 Å². The summed E-state index contributed by atoms with van der Waals surface area (Å²) in [6, 6.07) is 4.66. The number of rotatable bonds is 10. The lowest BCUT2D eigenvalue weighted by molar-refractivity contribution is 0.196. The minimum absolute atomic E-state index is 0.0105. The van der Waals surface area contributed by atoms with E-state index >= 15 is 0 Å². The molecule has 11 nitrogen and oxygen atoms in total. The van der Waals surface area contributed by atoms with Crippen LogP contribution in [0.2, 0.25) is 0 Å². The van der Waals surface area contributed by atoms with Crippen LogP contribution in [-0.4, -0.2) is 88.2 Å². The molecule has 3 aromatic rings. The molecule has 37 heavy (non-hydrogen) atoms. The van der Waals surface area contributed by atoms with Gasteiger partial charge in [-0.1, -0.05) is 13.8 Å². The number of H-pyrrole nitrogens is 1. The fourth-order valence-corrected chi connectivity index (χ4v) is 6.27. The lowest BCUT2D eigenvalue weighted by atomic mass is 10.0. The Bertz CT molecular complexity index is 1410. The summed E-state index contributed by atoms with van der Waals surface area (Å²) in [5.74, 6) is 1.10. The first-order valence-electron chi connectivity index (χ1n) is 12.8. The molecule has 1 aliphatic rings. The van der Waals surface area contributed by atoms with Gasteiger partial charge in [-0.3, -0.25) is 4.79 Å². The highest BCUT2D eigenvalue weighted by Crippen LogP contribution is 2.32. The van der Waals surface area contributed by atoms with Crippen LogP contribution in [0.5, 0.6) is 5.75 Å². The fourth-order valence-electron chi connectivity index (χ4n) is 4.82. The topological polar surface area (TPSA) is 133 Å². The molecule has 0 radical (unpaired) electrons. The maximum absolute atomic E-state index is 13.5. The number of likely N-dealkylation sites (N-methyl/N-ethyl adjacent to an activating group) is 1. The monoisotopic (exact) mass is 532 g/mol. The van der Waals surface area contributed by atoms with Crippen molar-refractivity contribution < 1.29 is 18.3 Å². The van der Waals surface area contributed by atoms with E-state index in [1.165, 1.54) is 21.0 Å². The van der Waals surface area contributed by atoms with Crippen LogP contribution in [-0.2, 0) is 10.0 Å². The van der Waals surface area contributed by atoms with E-state index in [1.807, 2.05) is 13.8 Å². The number of aliphatic hydroxyl groups is 1. The van der Waals surface area contributed by atoms with E-state index in [0.717, 1.165) is 6.54 Å². The van der Waals surface area contributed by atoms with Crippen LogP contribution in [0, 0.1) is 6.92 Å². The third-order valence-corrected chi connectivity index (χ3v) is 8.85. The van der Waals surface area contributed by atoms with Crippen LogP contribution >= 0.6 is 0 Å². The largest absolute Gasteiger partial charge is 0.493 e. The predicted molar refractivity (Wildman–Crippen MR) is 141 cm³/mol. The van der Waals surface area contributed by atoms with Gasteiger partial charge < -0.3 is 19.7 Å². The van der Waals surface area contributed by atoms with Crippen LogP contribution in [0.1, 0.15) is 51.0 Å². The fraction of sp³-hybridized carbons (Fsp3) is 0.560. The molecule has 1 fully saturated rings. The molecule has 1 saturated heterocycles. The van der Waals surface area contributed by atoms with E-state index in [2.05, 4.69) is 21.8 Å². The molecule has 2 N–H and O–H groups in total. The Morgan fingerprint density at radius 1 is 1.16 bits per heavy atom. The summed E-state index contributed by atoms with van der Waals surface area (Å²) in [7, 11) is -3.75. The summed E-state index contributed by atoms with van der Waals surface area (Å²) in [6.45, 7) is 11.1. The number of hydrogen-bond acceptors (Lipinski definition) is 8. The van der Waals surface area contributed by atoms with E-state index in [-0.39, 0.29) is 28.8 Å². The standard InChI is InChI=1S/C25H36N6O5S/c1-5-18(10-15-32)24-26-17(4)22-25(33)27-23(28-31(22)24)20-16-19(8-9-21(20)36-7-3)37(34,35)30-13-11-29(6-2)12-14-30/h8-9,16,18,32H,5-7,10-15H2,1-4H3,(H,27,28,33). The maximum Gasteiger partial charge on any atom is 0.277 e. The van der Waals surface area contributed by atoms with Gasteiger partial charge in [0.1, 0.15) is 11.6 Å². The van der Waals surface area contributed by atoms with Gasteiger partial charge in [0.2, 0.25) is 10.0 Å². The molecule has 0 amide bonds. The van der Waals surface area contributed by atoms with Gasteiger partial charge in [-0.15, -0.1) is 5.10 Å². The summed E-state index contributed by atoms with van der Waals surface area (Å²) < 4.78 is 35.8. The highest BCUT2D eigenvalue weighted by Gasteiger charge is 2.29. The molecule has 1 aromatic carbocycles. The highest BCUT2D eigenvalue weighted by atomic mass is 32.2.